The molecule has 0 atom stereocenters. The highest BCUT2D eigenvalue weighted by Gasteiger charge is 2.07. The fourth-order valence-corrected chi connectivity index (χ4v) is 1.49. The summed E-state index contributed by atoms with van der Waals surface area (Å²) in [5, 5.41) is 3.84. The second-order valence-corrected chi connectivity index (χ2v) is 4.10. The second-order valence-electron chi connectivity index (χ2n) is 3.84. The topological polar surface area (TPSA) is 48.2 Å². The van der Waals surface area contributed by atoms with Gasteiger partial charge in [0.05, 0.1) is 6.10 Å². The van der Waals surface area contributed by atoms with Crippen molar-refractivity contribution in [1.82, 2.24) is 10.1 Å². The largest absolute Gasteiger partial charge is 0.491 e. The van der Waals surface area contributed by atoms with Gasteiger partial charge in [0, 0.05) is 5.56 Å². The summed E-state index contributed by atoms with van der Waals surface area (Å²) in [4.78, 5) is 4.14. The van der Waals surface area contributed by atoms with E-state index in [-0.39, 0.29) is 12.0 Å². The lowest BCUT2D eigenvalue weighted by molar-refractivity contribution is 0.242. The lowest BCUT2D eigenvalue weighted by Gasteiger charge is -2.09. The predicted octanol–water partition coefficient (Wildman–Crippen LogP) is 3.26. The molecule has 0 aliphatic carbocycles. The first kappa shape index (κ1) is 11.9. The van der Waals surface area contributed by atoms with Crippen LogP contribution in [0.4, 0.5) is 0 Å². The van der Waals surface area contributed by atoms with Gasteiger partial charge in [0.2, 0.25) is 11.7 Å². The number of ether oxygens (including phenoxy) is 1. The lowest BCUT2D eigenvalue weighted by Crippen LogP contribution is -2.05. The minimum absolute atomic E-state index is 0.161. The first-order valence-electron chi connectivity index (χ1n) is 5.34. The van der Waals surface area contributed by atoms with Crippen LogP contribution < -0.4 is 4.74 Å². The average Bonchev–Trinajstić information content (AvgIpc) is 2.78. The third kappa shape index (κ3) is 2.97. The molecule has 1 aromatic heterocycles. The summed E-state index contributed by atoms with van der Waals surface area (Å²) in [5.74, 6) is 2.01. The van der Waals surface area contributed by atoms with Crippen molar-refractivity contribution in [3.8, 4) is 17.1 Å². The monoisotopic (exact) mass is 252 g/mol. The maximum Gasteiger partial charge on any atom is 0.241 e. The van der Waals surface area contributed by atoms with Gasteiger partial charge < -0.3 is 9.26 Å². The SMILES string of the molecule is CC(C)Oc1ccc(-c2noc(CCl)n2)cc1. The van der Waals surface area contributed by atoms with Crippen molar-refractivity contribution in [3.05, 3.63) is 30.2 Å². The van der Waals surface area contributed by atoms with Crippen LogP contribution in [0.2, 0.25) is 0 Å². The van der Waals surface area contributed by atoms with Gasteiger partial charge in [-0.2, -0.15) is 4.98 Å². The van der Waals surface area contributed by atoms with Gasteiger partial charge in [-0.25, -0.2) is 0 Å². The fraction of sp³-hybridized carbons (Fsp3) is 0.333. The Labute approximate surface area is 105 Å². The van der Waals surface area contributed by atoms with Gasteiger partial charge >= 0.3 is 0 Å². The second kappa shape index (κ2) is 5.19. The highest BCUT2D eigenvalue weighted by molar-refractivity contribution is 6.16. The molecule has 0 radical (unpaired) electrons. The highest BCUT2D eigenvalue weighted by atomic mass is 35.5. The van der Waals surface area contributed by atoms with E-state index in [1.807, 2.05) is 38.1 Å². The van der Waals surface area contributed by atoms with E-state index >= 15 is 0 Å². The zero-order chi connectivity index (χ0) is 12.3. The van der Waals surface area contributed by atoms with Gasteiger partial charge in [-0.15, -0.1) is 11.6 Å². The van der Waals surface area contributed by atoms with Gasteiger partial charge in [0.25, 0.3) is 0 Å². The number of aromatic nitrogens is 2. The molecule has 0 unspecified atom stereocenters. The van der Waals surface area contributed by atoms with E-state index in [0.717, 1.165) is 11.3 Å². The third-order valence-corrected chi connectivity index (χ3v) is 2.30. The van der Waals surface area contributed by atoms with E-state index in [9.17, 15) is 0 Å². The molecule has 0 spiro atoms. The number of halogens is 1. The van der Waals surface area contributed by atoms with E-state index in [0.29, 0.717) is 11.7 Å². The van der Waals surface area contributed by atoms with Crippen LogP contribution in [0.25, 0.3) is 11.4 Å². The maximum absolute atomic E-state index is 5.59. The van der Waals surface area contributed by atoms with E-state index in [1.54, 1.807) is 0 Å². The summed E-state index contributed by atoms with van der Waals surface area (Å²) in [6.07, 6.45) is 0.161. The Morgan fingerprint density at radius 3 is 2.53 bits per heavy atom. The molecule has 2 aromatic rings. The zero-order valence-corrected chi connectivity index (χ0v) is 10.4. The summed E-state index contributed by atoms with van der Waals surface area (Å²) in [7, 11) is 0. The standard InChI is InChI=1S/C12H13ClN2O2/c1-8(2)16-10-5-3-9(4-6-10)12-14-11(7-13)17-15-12/h3-6,8H,7H2,1-2H3. The Morgan fingerprint density at radius 1 is 1.29 bits per heavy atom. The molecule has 0 aliphatic heterocycles. The Balaban J connectivity index is 2.17. The number of rotatable bonds is 4. The number of hydrogen-bond donors (Lipinski definition) is 0. The average molecular weight is 253 g/mol. The van der Waals surface area contributed by atoms with Gasteiger partial charge in [0.1, 0.15) is 11.6 Å². The van der Waals surface area contributed by atoms with Gasteiger partial charge in [-0.3, -0.25) is 0 Å². The van der Waals surface area contributed by atoms with Crippen molar-refractivity contribution in [2.24, 2.45) is 0 Å². The normalized spacial score (nSPS) is 10.8. The third-order valence-electron chi connectivity index (χ3n) is 2.07. The Kier molecular flexibility index (Phi) is 3.64. The van der Waals surface area contributed by atoms with Crippen LogP contribution in [0, 0.1) is 0 Å². The molecule has 0 amide bonds. The summed E-state index contributed by atoms with van der Waals surface area (Å²) >= 11 is 5.59. The minimum atomic E-state index is 0.161. The van der Waals surface area contributed by atoms with E-state index in [4.69, 9.17) is 20.9 Å². The molecule has 0 saturated carbocycles. The van der Waals surface area contributed by atoms with E-state index < -0.39 is 0 Å². The van der Waals surface area contributed by atoms with Crippen molar-refractivity contribution < 1.29 is 9.26 Å². The smallest absolute Gasteiger partial charge is 0.241 e. The number of nitrogens with zero attached hydrogens (tertiary/aromatic N) is 2. The molecule has 0 saturated heterocycles. The molecule has 1 aromatic carbocycles. The van der Waals surface area contributed by atoms with Crippen LogP contribution >= 0.6 is 11.6 Å². The molecule has 2 rings (SSSR count). The van der Waals surface area contributed by atoms with Crippen molar-refractivity contribution in [1.29, 1.82) is 0 Å². The molecule has 5 heteroatoms. The molecule has 1 heterocycles. The number of hydrogen-bond acceptors (Lipinski definition) is 4. The molecule has 0 N–H and O–H groups in total. The maximum atomic E-state index is 5.59. The molecule has 90 valence electrons. The molecule has 0 fully saturated rings. The quantitative estimate of drug-likeness (QED) is 0.784. The minimum Gasteiger partial charge on any atom is -0.491 e. The molecule has 0 aliphatic rings. The first-order chi connectivity index (χ1) is 8.19. The van der Waals surface area contributed by atoms with Crippen molar-refractivity contribution in [2.75, 3.05) is 0 Å². The lowest BCUT2D eigenvalue weighted by atomic mass is 10.2. The van der Waals surface area contributed by atoms with Gasteiger partial charge in [-0.1, -0.05) is 5.16 Å². The van der Waals surface area contributed by atoms with Crippen molar-refractivity contribution >= 4 is 11.6 Å². The Hall–Kier alpha value is -1.55. The van der Waals surface area contributed by atoms with Gasteiger partial charge in [0.15, 0.2) is 0 Å². The van der Waals surface area contributed by atoms with Crippen LogP contribution in [-0.4, -0.2) is 16.2 Å². The fourth-order valence-electron chi connectivity index (χ4n) is 1.38. The predicted molar refractivity (Wildman–Crippen MR) is 65.1 cm³/mol. The Morgan fingerprint density at radius 2 is 2.00 bits per heavy atom. The Bertz CT molecular complexity index is 480. The zero-order valence-electron chi connectivity index (χ0n) is 9.68. The summed E-state index contributed by atoms with van der Waals surface area (Å²) in [5.41, 5.74) is 0.876. The van der Waals surface area contributed by atoms with E-state index in [1.165, 1.54) is 0 Å². The molecule has 17 heavy (non-hydrogen) atoms. The number of benzene rings is 1. The summed E-state index contributed by atoms with van der Waals surface area (Å²) in [6, 6.07) is 7.54. The van der Waals surface area contributed by atoms with Gasteiger partial charge in [-0.05, 0) is 38.1 Å². The summed E-state index contributed by atoms with van der Waals surface area (Å²) < 4.78 is 10.5. The van der Waals surface area contributed by atoms with Crippen LogP contribution in [-0.2, 0) is 5.88 Å². The van der Waals surface area contributed by atoms with Crippen LogP contribution in [0.15, 0.2) is 28.8 Å². The molecule has 4 nitrogen and oxygen atoms in total. The molecule has 0 bridgehead atoms. The van der Waals surface area contributed by atoms with E-state index in [2.05, 4.69) is 10.1 Å². The molecular formula is C12H13ClN2O2. The van der Waals surface area contributed by atoms with Crippen molar-refractivity contribution in [3.63, 3.8) is 0 Å². The molecular weight excluding hydrogens is 240 g/mol. The first-order valence-corrected chi connectivity index (χ1v) is 5.88. The van der Waals surface area contributed by atoms with Crippen LogP contribution in [0.5, 0.6) is 5.75 Å². The van der Waals surface area contributed by atoms with Crippen LogP contribution in [0.3, 0.4) is 0 Å². The summed E-state index contributed by atoms with van der Waals surface area (Å²) in [6.45, 7) is 3.97. The van der Waals surface area contributed by atoms with Crippen molar-refractivity contribution in [2.45, 2.75) is 25.8 Å². The van der Waals surface area contributed by atoms with Crippen LogP contribution in [0.1, 0.15) is 19.7 Å². The highest BCUT2D eigenvalue weighted by Crippen LogP contribution is 2.20. The number of alkyl halides is 1.